The number of hydrogen-bond donors (Lipinski definition) is 1. The number of nitrogens with one attached hydrogen (secondary N) is 1. The van der Waals surface area contributed by atoms with Gasteiger partial charge in [0.25, 0.3) is 5.91 Å². The van der Waals surface area contributed by atoms with Crippen LogP contribution in [0.5, 0.6) is 5.88 Å². The molecule has 2 aromatic carbocycles. The van der Waals surface area contributed by atoms with Crippen molar-refractivity contribution < 1.29 is 31.5 Å². The van der Waals surface area contributed by atoms with Crippen LogP contribution in [-0.2, 0) is 17.1 Å². The molecule has 0 radical (unpaired) electrons. The summed E-state index contributed by atoms with van der Waals surface area (Å²) >= 11 is 0. The first-order chi connectivity index (χ1) is 18.4. The van der Waals surface area contributed by atoms with Crippen LogP contribution in [0.15, 0.2) is 60.8 Å². The van der Waals surface area contributed by atoms with Crippen LogP contribution < -0.4 is 10.1 Å². The number of alkyl halides is 3. The molecule has 3 atom stereocenters. The van der Waals surface area contributed by atoms with Crippen molar-refractivity contribution in [2.75, 3.05) is 6.67 Å². The number of aromatic nitrogens is 1. The zero-order valence-corrected chi connectivity index (χ0v) is 21.7. The van der Waals surface area contributed by atoms with Gasteiger partial charge >= 0.3 is 5.92 Å². The van der Waals surface area contributed by atoms with Gasteiger partial charge in [0.1, 0.15) is 11.6 Å². The predicted molar refractivity (Wildman–Crippen MR) is 135 cm³/mol. The topological polar surface area (TPSA) is 75.0 Å². The Labute approximate surface area is 223 Å². The molecule has 0 aliphatic heterocycles. The largest absolute Gasteiger partial charge is 0.461 e. The molecule has 206 valence electrons. The standard InChI is InChI=1S/C29H28F5N3O2/c1-4-28(3,39-26-10-7-22(16-36-26)29(33,34)17-30)27(38)37-18(2)25(13-19-5-8-23(31)9-6-19)21-11-20(15-35)12-24(32)14-21/h5-12,14,16,18,25H,4,13,17H2,1-3H3,(H,37,38). The number of halogens is 5. The maximum atomic E-state index is 14.3. The number of nitrogens with zero attached hydrogens (tertiary/aromatic N) is 2. The Kier molecular flexibility index (Phi) is 9.28. The van der Waals surface area contributed by atoms with Gasteiger partial charge in [0, 0.05) is 29.8 Å². The smallest absolute Gasteiger partial charge is 0.302 e. The van der Waals surface area contributed by atoms with Gasteiger partial charge in [0.15, 0.2) is 12.3 Å². The second kappa shape index (κ2) is 12.2. The number of benzene rings is 2. The van der Waals surface area contributed by atoms with Crippen molar-refractivity contribution in [1.82, 2.24) is 10.3 Å². The van der Waals surface area contributed by atoms with E-state index in [1.807, 2.05) is 6.07 Å². The fourth-order valence-corrected chi connectivity index (χ4v) is 4.05. The number of carbonyl (C=O) groups excluding carboxylic acids is 1. The molecular weight excluding hydrogens is 517 g/mol. The molecule has 1 heterocycles. The lowest BCUT2D eigenvalue weighted by molar-refractivity contribution is -0.136. The molecule has 0 aliphatic rings. The van der Waals surface area contributed by atoms with E-state index in [1.54, 1.807) is 26.0 Å². The average molecular weight is 546 g/mol. The van der Waals surface area contributed by atoms with E-state index in [4.69, 9.17) is 4.74 Å². The highest BCUT2D eigenvalue weighted by Gasteiger charge is 2.37. The first-order valence-electron chi connectivity index (χ1n) is 12.3. The molecular formula is C29H28F5N3O2. The van der Waals surface area contributed by atoms with Crippen molar-refractivity contribution in [2.24, 2.45) is 0 Å². The van der Waals surface area contributed by atoms with Gasteiger partial charge in [-0.05, 0) is 74.2 Å². The van der Waals surface area contributed by atoms with E-state index in [0.29, 0.717) is 12.0 Å². The summed E-state index contributed by atoms with van der Waals surface area (Å²) in [6.45, 7) is 3.04. The molecule has 0 fully saturated rings. The van der Waals surface area contributed by atoms with E-state index in [0.717, 1.165) is 30.0 Å². The van der Waals surface area contributed by atoms with Gasteiger partial charge in [-0.15, -0.1) is 0 Å². The van der Waals surface area contributed by atoms with Gasteiger partial charge in [-0.25, -0.2) is 18.2 Å². The minimum atomic E-state index is -3.69. The number of hydrogen-bond acceptors (Lipinski definition) is 4. The molecule has 0 saturated heterocycles. The lowest BCUT2D eigenvalue weighted by Crippen LogP contribution is -2.52. The lowest BCUT2D eigenvalue weighted by Gasteiger charge is -2.32. The quantitative estimate of drug-likeness (QED) is 0.284. The Morgan fingerprint density at radius 3 is 2.36 bits per heavy atom. The van der Waals surface area contributed by atoms with Crippen LogP contribution >= 0.6 is 0 Å². The Bertz CT molecular complexity index is 1330. The number of amides is 1. The number of rotatable bonds is 11. The van der Waals surface area contributed by atoms with Gasteiger partial charge in [-0.1, -0.05) is 19.1 Å². The molecule has 39 heavy (non-hydrogen) atoms. The van der Waals surface area contributed by atoms with Crippen LogP contribution in [0.3, 0.4) is 0 Å². The van der Waals surface area contributed by atoms with E-state index in [1.165, 1.54) is 31.2 Å². The molecule has 1 N–H and O–H groups in total. The molecule has 3 unspecified atom stereocenters. The molecule has 1 aromatic heterocycles. The van der Waals surface area contributed by atoms with Crippen molar-refractivity contribution >= 4 is 5.91 Å². The number of nitriles is 1. The van der Waals surface area contributed by atoms with Crippen molar-refractivity contribution in [2.45, 2.75) is 57.1 Å². The number of pyridine rings is 1. The molecule has 0 spiro atoms. The molecule has 10 heteroatoms. The van der Waals surface area contributed by atoms with E-state index in [-0.39, 0.29) is 17.9 Å². The zero-order valence-electron chi connectivity index (χ0n) is 21.7. The third-order valence-corrected chi connectivity index (χ3v) is 6.62. The van der Waals surface area contributed by atoms with Crippen LogP contribution in [0.2, 0.25) is 0 Å². The molecule has 3 aromatic rings. The van der Waals surface area contributed by atoms with E-state index >= 15 is 0 Å². The molecule has 0 saturated carbocycles. The van der Waals surface area contributed by atoms with Crippen LogP contribution in [-0.4, -0.2) is 29.2 Å². The second-order valence-corrected chi connectivity index (χ2v) is 9.49. The highest BCUT2D eigenvalue weighted by Crippen LogP contribution is 2.30. The first-order valence-corrected chi connectivity index (χ1v) is 12.3. The van der Waals surface area contributed by atoms with Crippen LogP contribution in [0.1, 0.15) is 55.4 Å². The molecule has 1 amide bonds. The fourth-order valence-electron chi connectivity index (χ4n) is 4.05. The Balaban J connectivity index is 1.85. The Morgan fingerprint density at radius 2 is 1.79 bits per heavy atom. The minimum absolute atomic E-state index is 0.104. The average Bonchev–Trinajstić information content (AvgIpc) is 2.92. The predicted octanol–water partition coefficient (Wildman–Crippen LogP) is 6.37. The maximum absolute atomic E-state index is 14.3. The summed E-state index contributed by atoms with van der Waals surface area (Å²) in [5.41, 5.74) is -0.778. The summed E-state index contributed by atoms with van der Waals surface area (Å²) in [5.74, 6) is -5.87. The summed E-state index contributed by atoms with van der Waals surface area (Å²) in [6.07, 6.45) is 1.27. The highest BCUT2D eigenvalue weighted by atomic mass is 19.3. The normalized spacial score (nSPS) is 14.5. The van der Waals surface area contributed by atoms with Crippen molar-refractivity contribution in [3.05, 3.63) is 94.7 Å². The van der Waals surface area contributed by atoms with Gasteiger partial charge in [0.2, 0.25) is 5.88 Å². The van der Waals surface area contributed by atoms with Gasteiger partial charge in [-0.2, -0.15) is 14.0 Å². The first kappa shape index (κ1) is 29.6. The van der Waals surface area contributed by atoms with Crippen LogP contribution in [0, 0.1) is 23.0 Å². The van der Waals surface area contributed by atoms with Crippen molar-refractivity contribution in [1.29, 1.82) is 5.26 Å². The second-order valence-electron chi connectivity index (χ2n) is 9.49. The van der Waals surface area contributed by atoms with E-state index < -0.39 is 53.3 Å². The van der Waals surface area contributed by atoms with Crippen LogP contribution in [0.25, 0.3) is 0 Å². The van der Waals surface area contributed by atoms with Crippen LogP contribution in [0.4, 0.5) is 22.0 Å². The van der Waals surface area contributed by atoms with E-state index in [9.17, 15) is 32.0 Å². The van der Waals surface area contributed by atoms with Gasteiger partial charge in [-0.3, -0.25) is 4.79 Å². The monoisotopic (exact) mass is 545 g/mol. The maximum Gasteiger partial charge on any atom is 0.302 e. The minimum Gasteiger partial charge on any atom is -0.461 e. The van der Waals surface area contributed by atoms with Gasteiger partial charge < -0.3 is 10.1 Å². The van der Waals surface area contributed by atoms with Gasteiger partial charge in [0.05, 0.1) is 11.6 Å². The molecule has 3 rings (SSSR count). The molecule has 5 nitrogen and oxygen atoms in total. The highest BCUT2D eigenvalue weighted by molar-refractivity contribution is 5.85. The molecule has 0 bridgehead atoms. The van der Waals surface area contributed by atoms with E-state index in [2.05, 4.69) is 10.3 Å². The summed E-state index contributed by atoms with van der Waals surface area (Å²) < 4.78 is 73.3. The Morgan fingerprint density at radius 1 is 1.10 bits per heavy atom. The zero-order chi connectivity index (χ0) is 28.8. The lowest BCUT2D eigenvalue weighted by atomic mass is 9.85. The van der Waals surface area contributed by atoms with Crippen molar-refractivity contribution in [3.8, 4) is 11.9 Å². The summed E-state index contributed by atoms with van der Waals surface area (Å²) in [5, 5.41) is 12.2. The number of ether oxygens (including phenoxy) is 1. The Hall–Kier alpha value is -4.00. The third-order valence-electron chi connectivity index (χ3n) is 6.62. The summed E-state index contributed by atoms with van der Waals surface area (Å²) in [6, 6.07) is 13.1. The fraction of sp³-hybridized carbons (Fsp3) is 0.345. The number of carbonyl (C=O) groups is 1. The summed E-state index contributed by atoms with van der Waals surface area (Å²) in [7, 11) is 0. The van der Waals surface area contributed by atoms with Crippen molar-refractivity contribution in [3.63, 3.8) is 0 Å². The summed E-state index contributed by atoms with van der Waals surface area (Å²) in [4.78, 5) is 17.2. The SMILES string of the molecule is CCC(C)(Oc1ccc(C(F)(F)CF)cn1)C(=O)NC(C)C(Cc1ccc(F)cc1)c1cc(F)cc(C#N)c1. The molecule has 0 aliphatic carbocycles. The third kappa shape index (κ3) is 7.31.